The Balaban J connectivity index is 1.53. The highest BCUT2D eigenvalue weighted by Gasteiger charge is 2.13. The Morgan fingerprint density at radius 1 is 1.00 bits per heavy atom. The van der Waals surface area contributed by atoms with E-state index >= 15 is 0 Å². The van der Waals surface area contributed by atoms with Gasteiger partial charge >= 0.3 is 0 Å². The number of halogens is 1. The zero-order valence-corrected chi connectivity index (χ0v) is 16.7. The second-order valence-electron chi connectivity index (χ2n) is 6.32. The van der Waals surface area contributed by atoms with E-state index in [0.29, 0.717) is 33.5 Å². The average molecular weight is 421 g/mol. The van der Waals surface area contributed by atoms with Crippen molar-refractivity contribution >= 4 is 23.2 Å². The third-order valence-electron chi connectivity index (χ3n) is 4.34. The van der Waals surface area contributed by atoms with Gasteiger partial charge in [0, 0.05) is 16.1 Å². The van der Waals surface area contributed by atoms with Gasteiger partial charge in [-0.25, -0.2) is 4.98 Å². The first kappa shape index (κ1) is 19.5. The van der Waals surface area contributed by atoms with E-state index in [1.54, 1.807) is 80.0 Å². The van der Waals surface area contributed by atoms with Crippen LogP contribution in [0.15, 0.2) is 83.7 Å². The van der Waals surface area contributed by atoms with Crippen molar-refractivity contribution in [3.8, 4) is 28.6 Å². The van der Waals surface area contributed by atoms with Gasteiger partial charge in [-0.1, -0.05) is 23.7 Å². The van der Waals surface area contributed by atoms with Crippen LogP contribution in [0.4, 0.5) is 5.69 Å². The Morgan fingerprint density at radius 2 is 1.73 bits per heavy atom. The van der Waals surface area contributed by atoms with Crippen molar-refractivity contribution in [2.24, 2.45) is 0 Å². The summed E-state index contributed by atoms with van der Waals surface area (Å²) in [6.45, 7) is 0. The van der Waals surface area contributed by atoms with Gasteiger partial charge in [-0.3, -0.25) is 4.79 Å². The summed E-state index contributed by atoms with van der Waals surface area (Å²) in [6.07, 6.45) is 2.98. The van der Waals surface area contributed by atoms with Gasteiger partial charge in [0.1, 0.15) is 11.5 Å². The zero-order chi connectivity index (χ0) is 20.9. The Hall–Kier alpha value is -3.77. The predicted molar refractivity (Wildman–Crippen MR) is 114 cm³/mol. The topological polar surface area (TPSA) is 73.6 Å². The van der Waals surface area contributed by atoms with Crippen LogP contribution < -0.4 is 14.8 Å². The molecule has 1 N–H and O–H groups in total. The maximum Gasteiger partial charge on any atom is 0.255 e. The molecule has 150 valence electrons. The highest BCUT2D eigenvalue weighted by Crippen LogP contribution is 2.33. The number of nitrogens with zero attached hydrogens (tertiary/aromatic N) is 1. The molecule has 0 fully saturated rings. The van der Waals surface area contributed by atoms with Crippen molar-refractivity contribution in [1.82, 2.24) is 4.98 Å². The number of anilines is 1. The molecule has 0 radical (unpaired) electrons. The first-order chi connectivity index (χ1) is 14.6. The van der Waals surface area contributed by atoms with Crippen molar-refractivity contribution in [3.05, 3.63) is 89.9 Å². The van der Waals surface area contributed by atoms with Crippen LogP contribution in [-0.2, 0) is 0 Å². The Kier molecular flexibility index (Phi) is 5.68. The van der Waals surface area contributed by atoms with Gasteiger partial charge in [0.15, 0.2) is 17.9 Å². The van der Waals surface area contributed by atoms with Crippen molar-refractivity contribution in [3.63, 3.8) is 0 Å². The molecule has 0 spiro atoms. The summed E-state index contributed by atoms with van der Waals surface area (Å²) in [5.41, 5.74) is 1.77. The summed E-state index contributed by atoms with van der Waals surface area (Å²) >= 11 is 6.13. The maximum atomic E-state index is 12.7. The monoisotopic (exact) mass is 420 g/mol. The van der Waals surface area contributed by atoms with Crippen LogP contribution in [0, 0.1) is 0 Å². The van der Waals surface area contributed by atoms with Crippen LogP contribution in [-0.4, -0.2) is 18.0 Å². The third-order valence-corrected chi connectivity index (χ3v) is 4.58. The molecule has 0 saturated carbocycles. The summed E-state index contributed by atoms with van der Waals surface area (Å²) < 4.78 is 16.3. The lowest BCUT2D eigenvalue weighted by Gasteiger charge is -2.13. The SMILES string of the molecule is COc1ccc(Oc2ccc(Cl)cc2NC(=O)c2ccc(-c3cnco3)cc2)cc1. The van der Waals surface area contributed by atoms with E-state index in [2.05, 4.69) is 10.3 Å². The molecule has 1 amide bonds. The lowest BCUT2D eigenvalue weighted by molar-refractivity contribution is 0.102. The quantitative estimate of drug-likeness (QED) is 0.411. The summed E-state index contributed by atoms with van der Waals surface area (Å²) in [7, 11) is 1.60. The second-order valence-corrected chi connectivity index (χ2v) is 6.75. The zero-order valence-electron chi connectivity index (χ0n) is 16.0. The van der Waals surface area contributed by atoms with E-state index in [0.717, 1.165) is 11.3 Å². The molecule has 6 nitrogen and oxygen atoms in total. The van der Waals surface area contributed by atoms with Gasteiger partial charge in [-0.2, -0.15) is 0 Å². The Bertz CT molecular complexity index is 1140. The molecule has 0 atom stereocenters. The first-order valence-electron chi connectivity index (χ1n) is 9.04. The fourth-order valence-corrected chi connectivity index (χ4v) is 2.97. The molecular weight excluding hydrogens is 404 g/mol. The van der Waals surface area contributed by atoms with Gasteiger partial charge in [0.05, 0.1) is 19.0 Å². The van der Waals surface area contributed by atoms with Crippen molar-refractivity contribution in [2.75, 3.05) is 12.4 Å². The molecule has 4 rings (SSSR count). The fourth-order valence-electron chi connectivity index (χ4n) is 2.80. The lowest BCUT2D eigenvalue weighted by Crippen LogP contribution is -2.12. The number of aromatic nitrogens is 1. The van der Waals surface area contributed by atoms with Gasteiger partial charge < -0.3 is 19.2 Å². The van der Waals surface area contributed by atoms with Gasteiger partial charge in [0.2, 0.25) is 0 Å². The molecule has 3 aromatic carbocycles. The molecule has 0 aliphatic rings. The highest BCUT2D eigenvalue weighted by molar-refractivity contribution is 6.31. The van der Waals surface area contributed by atoms with E-state index in [4.69, 9.17) is 25.5 Å². The largest absolute Gasteiger partial charge is 0.497 e. The minimum Gasteiger partial charge on any atom is -0.497 e. The predicted octanol–water partition coefficient (Wildman–Crippen LogP) is 6.05. The van der Waals surface area contributed by atoms with E-state index in [9.17, 15) is 4.79 Å². The molecule has 0 bridgehead atoms. The fraction of sp³-hybridized carbons (Fsp3) is 0.0435. The van der Waals surface area contributed by atoms with Crippen molar-refractivity contribution < 1.29 is 18.7 Å². The third kappa shape index (κ3) is 4.45. The number of hydrogen-bond acceptors (Lipinski definition) is 5. The van der Waals surface area contributed by atoms with Gasteiger partial charge in [-0.05, 0) is 54.6 Å². The molecular formula is C23H17ClN2O4. The summed E-state index contributed by atoms with van der Waals surface area (Å²) in [6, 6.07) is 19.2. The van der Waals surface area contributed by atoms with Gasteiger partial charge in [-0.15, -0.1) is 0 Å². The van der Waals surface area contributed by atoms with E-state index in [1.807, 2.05) is 0 Å². The normalized spacial score (nSPS) is 10.5. The number of nitrogens with one attached hydrogen (secondary N) is 1. The average Bonchev–Trinajstić information content (AvgIpc) is 3.31. The van der Waals surface area contributed by atoms with E-state index in [1.165, 1.54) is 6.39 Å². The van der Waals surface area contributed by atoms with Crippen LogP contribution in [0.2, 0.25) is 5.02 Å². The number of hydrogen-bond donors (Lipinski definition) is 1. The number of rotatable bonds is 6. The molecule has 7 heteroatoms. The Morgan fingerprint density at radius 3 is 2.40 bits per heavy atom. The van der Waals surface area contributed by atoms with Crippen LogP contribution in [0.25, 0.3) is 11.3 Å². The van der Waals surface area contributed by atoms with Gasteiger partial charge in [0.25, 0.3) is 5.91 Å². The van der Waals surface area contributed by atoms with Crippen LogP contribution in [0.3, 0.4) is 0 Å². The minimum absolute atomic E-state index is 0.291. The molecule has 0 aliphatic carbocycles. The lowest BCUT2D eigenvalue weighted by atomic mass is 10.1. The Labute approximate surface area is 178 Å². The van der Waals surface area contributed by atoms with Crippen molar-refractivity contribution in [1.29, 1.82) is 0 Å². The second kappa shape index (κ2) is 8.71. The van der Waals surface area contributed by atoms with E-state index < -0.39 is 0 Å². The summed E-state index contributed by atoms with van der Waals surface area (Å²) in [5, 5.41) is 3.34. The number of methoxy groups -OCH3 is 1. The minimum atomic E-state index is -0.291. The molecule has 0 unspecified atom stereocenters. The first-order valence-corrected chi connectivity index (χ1v) is 9.42. The molecule has 1 aromatic heterocycles. The maximum absolute atomic E-state index is 12.7. The number of oxazole rings is 1. The standard InChI is InChI=1S/C23H17ClN2O4/c1-28-18-7-9-19(10-8-18)30-21-11-6-17(24)12-20(21)26-23(27)16-4-2-15(3-5-16)22-13-25-14-29-22/h2-14H,1H3,(H,26,27). The van der Waals surface area contributed by atoms with Crippen LogP contribution in [0.5, 0.6) is 17.2 Å². The molecule has 1 heterocycles. The van der Waals surface area contributed by atoms with Crippen LogP contribution >= 0.6 is 11.6 Å². The number of carbonyl (C=O) groups is 1. The van der Waals surface area contributed by atoms with Crippen LogP contribution in [0.1, 0.15) is 10.4 Å². The number of ether oxygens (including phenoxy) is 2. The van der Waals surface area contributed by atoms with Crippen molar-refractivity contribution in [2.45, 2.75) is 0 Å². The molecule has 0 saturated heterocycles. The number of benzene rings is 3. The molecule has 4 aromatic rings. The number of carbonyl (C=O) groups excluding carboxylic acids is 1. The summed E-state index contributed by atoms with van der Waals surface area (Å²) in [5.74, 6) is 2.13. The summed E-state index contributed by atoms with van der Waals surface area (Å²) in [4.78, 5) is 16.6. The number of amides is 1. The smallest absolute Gasteiger partial charge is 0.255 e. The highest BCUT2D eigenvalue weighted by atomic mass is 35.5. The molecule has 30 heavy (non-hydrogen) atoms. The van der Waals surface area contributed by atoms with E-state index in [-0.39, 0.29) is 5.91 Å². The molecule has 0 aliphatic heterocycles.